The topological polar surface area (TPSA) is 85.5 Å². The lowest BCUT2D eigenvalue weighted by Gasteiger charge is -2.03. The van der Waals surface area contributed by atoms with E-state index in [9.17, 15) is 9.90 Å². The summed E-state index contributed by atoms with van der Waals surface area (Å²) >= 11 is 6.51. The van der Waals surface area contributed by atoms with Crippen molar-refractivity contribution >= 4 is 44.0 Å². The van der Waals surface area contributed by atoms with Crippen molar-refractivity contribution in [3.8, 4) is 11.8 Å². The average Bonchev–Trinajstić information content (AvgIpc) is 2.51. The molecule has 0 aliphatic carbocycles. The Morgan fingerprint density at radius 1 is 1.27 bits per heavy atom. The Morgan fingerprint density at radius 3 is 2.59 bits per heavy atom. The van der Waals surface area contributed by atoms with Crippen molar-refractivity contribution in [2.24, 2.45) is 5.10 Å². The summed E-state index contributed by atoms with van der Waals surface area (Å²) in [4.78, 5) is 11.9. The van der Waals surface area contributed by atoms with Crippen LogP contribution in [0.15, 0.2) is 50.4 Å². The Bertz CT molecular complexity index is 781. The van der Waals surface area contributed by atoms with Crippen LogP contribution in [0.3, 0.4) is 0 Å². The first-order chi connectivity index (χ1) is 10.5. The molecule has 0 aromatic heterocycles. The van der Waals surface area contributed by atoms with E-state index in [0.29, 0.717) is 21.2 Å². The van der Waals surface area contributed by atoms with Crippen LogP contribution in [0.5, 0.6) is 5.75 Å². The molecule has 7 heteroatoms. The molecule has 2 aromatic rings. The predicted molar refractivity (Wildman–Crippen MR) is 89.7 cm³/mol. The molecule has 22 heavy (non-hydrogen) atoms. The summed E-state index contributed by atoms with van der Waals surface area (Å²) in [5.41, 5.74) is 3.66. The zero-order valence-electron chi connectivity index (χ0n) is 11.0. The molecule has 0 saturated carbocycles. The van der Waals surface area contributed by atoms with Gasteiger partial charge in [-0.2, -0.15) is 10.4 Å². The van der Waals surface area contributed by atoms with E-state index >= 15 is 0 Å². The van der Waals surface area contributed by atoms with Crippen molar-refractivity contribution in [1.82, 2.24) is 5.43 Å². The summed E-state index contributed by atoms with van der Waals surface area (Å²) in [6, 6.07) is 11.5. The van der Waals surface area contributed by atoms with Gasteiger partial charge in [-0.15, -0.1) is 0 Å². The fourth-order valence-corrected chi connectivity index (χ4v) is 2.86. The molecule has 110 valence electrons. The van der Waals surface area contributed by atoms with E-state index in [0.717, 1.165) is 4.47 Å². The van der Waals surface area contributed by atoms with Gasteiger partial charge in [0.15, 0.2) is 0 Å². The Balaban J connectivity index is 2.09. The Labute approximate surface area is 143 Å². The number of aromatic hydroxyl groups is 1. The average molecular weight is 423 g/mol. The van der Waals surface area contributed by atoms with Gasteiger partial charge in [0.05, 0.1) is 22.3 Å². The van der Waals surface area contributed by atoms with Crippen LogP contribution in [-0.2, 0) is 0 Å². The van der Waals surface area contributed by atoms with E-state index in [1.807, 2.05) is 6.07 Å². The number of rotatable bonds is 3. The number of hydrogen-bond acceptors (Lipinski definition) is 4. The summed E-state index contributed by atoms with van der Waals surface area (Å²) in [5.74, 6) is -0.381. The van der Waals surface area contributed by atoms with E-state index in [1.54, 1.807) is 24.3 Å². The Morgan fingerprint density at radius 2 is 1.95 bits per heavy atom. The minimum Gasteiger partial charge on any atom is -0.506 e. The molecular weight excluding hydrogens is 414 g/mol. The second-order valence-corrected chi connectivity index (χ2v) is 5.98. The molecule has 0 bridgehead atoms. The van der Waals surface area contributed by atoms with Crippen LogP contribution in [-0.4, -0.2) is 17.2 Å². The van der Waals surface area contributed by atoms with Crippen molar-refractivity contribution in [1.29, 1.82) is 5.26 Å². The molecular formula is C15H9Br2N3O2. The smallest absolute Gasteiger partial charge is 0.271 e. The van der Waals surface area contributed by atoms with Gasteiger partial charge >= 0.3 is 0 Å². The Kier molecular flexibility index (Phi) is 5.31. The number of nitrogens with one attached hydrogen (secondary N) is 1. The highest BCUT2D eigenvalue weighted by Crippen LogP contribution is 2.30. The summed E-state index contributed by atoms with van der Waals surface area (Å²) in [5, 5.41) is 22.4. The first-order valence-electron chi connectivity index (χ1n) is 6.03. The van der Waals surface area contributed by atoms with E-state index in [2.05, 4.69) is 42.4 Å². The number of phenolic OH excluding ortho intramolecular Hbond substituents is 1. The highest BCUT2D eigenvalue weighted by atomic mass is 79.9. The monoisotopic (exact) mass is 421 g/mol. The fourth-order valence-electron chi connectivity index (χ4n) is 1.61. The number of nitriles is 1. The number of benzene rings is 2. The number of phenols is 1. The maximum atomic E-state index is 11.9. The zero-order chi connectivity index (χ0) is 16.1. The van der Waals surface area contributed by atoms with E-state index < -0.39 is 5.91 Å². The first-order valence-corrected chi connectivity index (χ1v) is 7.61. The highest BCUT2D eigenvalue weighted by molar-refractivity contribution is 9.11. The van der Waals surface area contributed by atoms with Gasteiger partial charge in [-0.3, -0.25) is 4.79 Å². The normalized spacial score (nSPS) is 10.4. The molecule has 0 fully saturated rings. The van der Waals surface area contributed by atoms with E-state index in [-0.39, 0.29) is 5.75 Å². The van der Waals surface area contributed by atoms with Crippen LogP contribution in [0.2, 0.25) is 0 Å². The molecule has 1 amide bonds. The van der Waals surface area contributed by atoms with Gasteiger partial charge in [0.25, 0.3) is 5.91 Å². The molecule has 0 unspecified atom stereocenters. The predicted octanol–water partition coefficient (Wildman–Crippen LogP) is 3.55. The Hall–Kier alpha value is -2.17. The van der Waals surface area contributed by atoms with Gasteiger partial charge in [-0.25, -0.2) is 5.43 Å². The number of hydrazone groups is 1. The summed E-state index contributed by atoms with van der Waals surface area (Å²) in [7, 11) is 0. The SMILES string of the molecule is N#Cc1ccc(C(=O)N/N=C\c2cc(Br)cc(Br)c2O)cc1. The molecule has 5 nitrogen and oxygen atoms in total. The lowest BCUT2D eigenvalue weighted by atomic mass is 10.1. The molecule has 0 aliphatic rings. The van der Waals surface area contributed by atoms with Crippen molar-refractivity contribution in [3.05, 3.63) is 62.0 Å². The molecule has 2 aromatic carbocycles. The standard InChI is InChI=1S/C15H9Br2N3O2/c16-12-5-11(14(21)13(17)6-12)8-19-20-15(22)10-3-1-9(7-18)2-4-10/h1-6,8,21H,(H,20,22)/b19-8-. The molecule has 2 rings (SSSR count). The van der Waals surface area contributed by atoms with Crippen LogP contribution in [0.1, 0.15) is 21.5 Å². The number of carbonyl (C=O) groups excluding carboxylic acids is 1. The molecule has 2 N–H and O–H groups in total. The van der Waals surface area contributed by atoms with Crippen LogP contribution >= 0.6 is 31.9 Å². The minimum atomic E-state index is -0.408. The molecule has 0 heterocycles. The minimum absolute atomic E-state index is 0.0274. The van der Waals surface area contributed by atoms with E-state index in [1.165, 1.54) is 18.3 Å². The van der Waals surface area contributed by atoms with Crippen LogP contribution < -0.4 is 5.43 Å². The summed E-state index contributed by atoms with van der Waals surface area (Å²) in [6.45, 7) is 0. The third-order valence-corrected chi connectivity index (χ3v) is 3.77. The van der Waals surface area contributed by atoms with Crippen molar-refractivity contribution < 1.29 is 9.90 Å². The van der Waals surface area contributed by atoms with Crippen LogP contribution in [0, 0.1) is 11.3 Å². The molecule has 0 spiro atoms. The maximum Gasteiger partial charge on any atom is 0.271 e. The first kappa shape index (κ1) is 16.2. The molecule has 0 saturated heterocycles. The highest BCUT2D eigenvalue weighted by Gasteiger charge is 2.06. The van der Waals surface area contributed by atoms with Crippen molar-refractivity contribution in [2.45, 2.75) is 0 Å². The van der Waals surface area contributed by atoms with Crippen molar-refractivity contribution in [3.63, 3.8) is 0 Å². The second-order valence-electron chi connectivity index (χ2n) is 4.21. The molecule has 0 aliphatic heterocycles. The quantitative estimate of drug-likeness (QED) is 0.585. The zero-order valence-corrected chi connectivity index (χ0v) is 14.2. The van der Waals surface area contributed by atoms with Crippen molar-refractivity contribution in [2.75, 3.05) is 0 Å². The van der Waals surface area contributed by atoms with Gasteiger partial charge in [0.1, 0.15) is 5.75 Å². The number of halogens is 2. The third-order valence-electron chi connectivity index (χ3n) is 2.70. The third kappa shape index (κ3) is 3.93. The largest absolute Gasteiger partial charge is 0.506 e. The lowest BCUT2D eigenvalue weighted by molar-refractivity contribution is 0.0955. The number of hydrogen-bond donors (Lipinski definition) is 2. The molecule has 0 atom stereocenters. The van der Waals surface area contributed by atoms with E-state index in [4.69, 9.17) is 5.26 Å². The summed E-state index contributed by atoms with van der Waals surface area (Å²) < 4.78 is 1.28. The number of amides is 1. The van der Waals surface area contributed by atoms with Gasteiger partial charge in [0.2, 0.25) is 0 Å². The molecule has 0 radical (unpaired) electrons. The number of carbonyl (C=O) groups is 1. The number of nitrogens with zero attached hydrogens (tertiary/aromatic N) is 2. The summed E-state index contributed by atoms with van der Waals surface area (Å²) in [6.07, 6.45) is 1.34. The van der Waals surface area contributed by atoms with Gasteiger partial charge in [0, 0.05) is 15.6 Å². The van der Waals surface area contributed by atoms with Crippen LogP contribution in [0.25, 0.3) is 0 Å². The van der Waals surface area contributed by atoms with Gasteiger partial charge in [-0.05, 0) is 52.3 Å². The van der Waals surface area contributed by atoms with Crippen LogP contribution in [0.4, 0.5) is 0 Å². The fraction of sp³-hybridized carbons (Fsp3) is 0. The lowest BCUT2D eigenvalue weighted by Crippen LogP contribution is -2.17. The second kappa shape index (κ2) is 7.20. The van der Waals surface area contributed by atoms with Gasteiger partial charge < -0.3 is 5.11 Å². The maximum absolute atomic E-state index is 11.9. The van der Waals surface area contributed by atoms with Gasteiger partial charge in [-0.1, -0.05) is 15.9 Å².